The van der Waals surface area contributed by atoms with Gasteiger partial charge in [0.15, 0.2) is 5.96 Å². The Morgan fingerprint density at radius 1 is 1.27 bits per heavy atom. The van der Waals surface area contributed by atoms with E-state index in [1.807, 2.05) is 11.7 Å². The van der Waals surface area contributed by atoms with Crippen LogP contribution in [0.2, 0.25) is 0 Å². The van der Waals surface area contributed by atoms with Gasteiger partial charge in [0, 0.05) is 52.0 Å². The molecule has 1 aliphatic heterocycles. The number of hydrogen-bond acceptors (Lipinski definition) is 4. The number of halogens is 1. The molecule has 2 heterocycles. The largest absolute Gasteiger partial charge is 0.379 e. The van der Waals surface area contributed by atoms with Gasteiger partial charge in [-0.2, -0.15) is 5.10 Å². The van der Waals surface area contributed by atoms with Crippen LogP contribution in [0, 0.1) is 6.92 Å². The van der Waals surface area contributed by atoms with E-state index in [-0.39, 0.29) is 30.0 Å². The molecule has 7 nitrogen and oxygen atoms in total. The lowest BCUT2D eigenvalue weighted by atomic mass is 10.0. The molecule has 2 aromatic rings. The summed E-state index contributed by atoms with van der Waals surface area (Å²) in [5.41, 5.74) is 5.01. The van der Waals surface area contributed by atoms with E-state index in [2.05, 4.69) is 85.4 Å². The maximum atomic E-state index is 5.60. The fourth-order valence-corrected chi connectivity index (χ4v) is 4.33. The molecular formula is C25H41IN6O. The minimum absolute atomic E-state index is 0. The van der Waals surface area contributed by atoms with E-state index in [1.54, 1.807) is 0 Å². The highest BCUT2D eigenvalue weighted by Gasteiger charge is 2.23. The summed E-state index contributed by atoms with van der Waals surface area (Å²) in [6.45, 7) is 14.4. The third-order valence-corrected chi connectivity index (χ3v) is 5.92. The molecule has 3 rings (SSSR count). The molecular weight excluding hydrogens is 527 g/mol. The molecule has 0 bridgehead atoms. The van der Waals surface area contributed by atoms with Crippen molar-refractivity contribution in [3.63, 3.8) is 0 Å². The van der Waals surface area contributed by atoms with E-state index in [4.69, 9.17) is 9.73 Å². The summed E-state index contributed by atoms with van der Waals surface area (Å²) in [6.07, 6.45) is 2.12. The van der Waals surface area contributed by atoms with E-state index >= 15 is 0 Å². The SMILES string of the molecule is CCNC(=NCC(c1cccc(C)c1)N1CCOCC1)N(C)Cc1cn(C)nc1C(C)C.I. The molecule has 1 aliphatic rings. The zero-order valence-electron chi connectivity index (χ0n) is 21.0. The second-order valence-electron chi connectivity index (χ2n) is 9.00. The van der Waals surface area contributed by atoms with Crippen LogP contribution in [-0.4, -0.2) is 72.0 Å². The predicted molar refractivity (Wildman–Crippen MR) is 146 cm³/mol. The molecule has 1 saturated heterocycles. The van der Waals surface area contributed by atoms with Crippen LogP contribution in [0.25, 0.3) is 0 Å². The molecule has 1 N–H and O–H groups in total. The first-order valence-corrected chi connectivity index (χ1v) is 11.8. The molecule has 0 spiro atoms. The van der Waals surface area contributed by atoms with Crippen molar-refractivity contribution in [1.82, 2.24) is 24.9 Å². The van der Waals surface area contributed by atoms with Crippen molar-refractivity contribution in [1.29, 1.82) is 0 Å². The molecule has 1 unspecified atom stereocenters. The first-order chi connectivity index (χ1) is 15.4. The Labute approximate surface area is 216 Å². The smallest absolute Gasteiger partial charge is 0.194 e. The van der Waals surface area contributed by atoms with E-state index in [0.717, 1.165) is 51.0 Å². The molecule has 1 fully saturated rings. The Kier molecular flexibility index (Phi) is 11.1. The first-order valence-electron chi connectivity index (χ1n) is 11.8. The Morgan fingerprint density at radius 2 is 2.00 bits per heavy atom. The highest BCUT2D eigenvalue weighted by atomic mass is 127. The Bertz CT molecular complexity index is 891. The second-order valence-corrected chi connectivity index (χ2v) is 9.00. The van der Waals surface area contributed by atoms with Gasteiger partial charge in [0.25, 0.3) is 0 Å². The number of morpholine rings is 1. The van der Waals surface area contributed by atoms with E-state index < -0.39 is 0 Å². The number of rotatable bonds is 8. The van der Waals surface area contributed by atoms with Gasteiger partial charge >= 0.3 is 0 Å². The van der Waals surface area contributed by atoms with Gasteiger partial charge in [0.1, 0.15) is 0 Å². The number of nitrogens with zero attached hydrogens (tertiary/aromatic N) is 5. The number of benzene rings is 1. The van der Waals surface area contributed by atoms with E-state index in [0.29, 0.717) is 12.5 Å². The topological polar surface area (TPSA) is 57.9 Å². The van der Waals surface area contributed by atoms with Crippen LogP contribution in [0.5, 0.6) is 0 Å². The van der Waals surface area contributed by atoms with Crippen molar-refractivity contribution in [2.45, 2.75) is 46.2 Å². The van der Waals surface area contributed by atoms with Gasteiger partial charge < -0.3 is 15.0 Å². The lowest BCUT2D eigenvalue weighted by molar-refractivity contribution is 0.0179. The number of nitrogens with one attached hydrogen (secondary N) is 1. The standard InChI is InChI=1S/C25H40N6O.HI/c1-7-26-25(29(5)17-22-18-30(6)28-24(22)19(2)3)27-16-23(31-11-13-32-14-12-31)21-10-8-9-20(4)15-21;/h8-10,15,18-19,23H,7,11-14,16-17H2,1-6H3,(H,26,27);1H. The third kappa shape index (κ3) is 7.68. The van der Waals surface area contributed by atoms with Gasteiger partial charge in [-0.3, -0.25) is 14.6 Å². The highest BCUT2D eigenvalue weighted by molar-refractivity contribution is 14.0. The van der Waals surface area contributed by atoms with Crippen LogP contribution < -0.4 is 5.32 Å². The first kappa shape index (κ1) is 27.6. The Hall–Kier alpha value is -1.65. The molecule has 0 aliphatic carbocycles. The number of aromatic nitrogens is 2. The van der Waals surface area contributed by atoms with Crippen LogP contribution in [0.1, 0.15) is 55.1 Å². The van der Waals surface area contributed by atoms with Crippen molar-refractivity contribution in [3.05, 3.63) is 52.8 Å². The molecule has 0 radical (unpaired) electrons. The predicted octanol–water partition coefficient (Wildman–Crippen LogP) is 3.94. The zero-order valence-corrected chi connectivity index (χ0v) is 23.4. The summed E-state index contributed by atoms with van der Waals surface area (Å²) in [7, 11) is 4.10. The fourth-order valence-electron chi connectivity index (χ4n) is 4.33. The number of ether oxygens (including phenoxy) is 1. The lowest BCUT2D eigenvalue weighted by Crippen LogP contribution is -2.42. The van der Waals surface area contributed by atoms with Gasteiger partial charge in [0.05, 0.1) is 31.5 Å². The summed E-state index contributed by atoms with van der Waals surface area (Å²) in [6, 6.07) is 9.06. The van der Waals surface area contributed by atoms with Crippen molar-refractivity contribution in [2.24, 2.45) is 12.0 Å². The van der Waals surface area contributed by atoms with Gasteiger partial charge in [-0.05, 0) is 25.3 Å². The van der Waals surface area contributed by atoms with Gasteiger partial charge in [-0.15, -0.1) is 24.0 Å². The molecule has 1 atom stereocenters. The maximum Gasteiger partial charge on any atom is 0.194 e. The van der Waals surface area contributed by atoms with Crippen molar-refractivity contribution >= 4 is 29.9 Å². The number of hydrogen-bond donors (Lipinski definition) is 1. The van der Waals surface area contributed by atoms with E-state index in [9.17, 15) is 0 Å². The fraction of sp³-hybridized carbons (Fsp3) is 0.600. The molecule has 33 heavy (non-hydrogen) atoms. The summed E-state index contributed by atoms with van der Waals surface area (Å²) >= 11 is 0. The van der Waals surface area contributed by atoms with Gasteiger partial charge in [-0.1, -0.05) is 43.7 Å². The van der Waals surface area contributed by atoms with E-state index in [1.165, 1.54) is 16.7 Å². The number of guanidine groups is 1. The normalized spacial score (nSPS) is 15.9. The third-order valence-electron chi connectivity index (χ3n) is 5.92. The zero-order chi connectivity index (χ0) is 23.1. The molecule has 0 saturated carbocycles. The number of aliphatic imine (C=N–C) groups is 1. The van der Waals surface area contributed by atoms with Crippen molar-refractivity contribution in [3.8, 4) is 0 Å². The Morgan fingerprint density at radius 3 is 2.64 bits per heavy atom. The second kappa shape index (κ2) is 13.3. The van der Waals surface area contributed by atoms with Crippen LogP contribution in [0.15, 0.2) is 35.5 Å². The quantitative estimate of drug-likeness (QED) is 0.297. The number of aryl methyl sites for hydroxylation is 2. The molecule has 184 valence electrons. The summed E-state index contributed by atoms with van der Waals surface area (Å²) in [5, 5.41) is 8.15. The average molecular weight is 569 g/mol. The monoisotopic (exact) mass is 568 g/mol. The summed E-state index contributed by atoms with van der Waals surface area (Å²) < 4.78 is 7.52. The van der Waals surface area contributed by atoms with Gasteiger partial charge in [0.2, 0.25) is 0 Å². The minimum atomic E-state index is 0. The molecule has 1 aromatic heterocycles. The van der Waals surface area contributed by atoms with Crippen LogP contribution in [-0.2, 0) is 18.3 Å². The molecule has 8 heteroatoms. The van der Waals surface area contributed by atoms with Crippen molar-refractivity contribution < 1.29 is 4.74 Å². The van der Waals surface area contributed by atoms with Gasteiger partial charge in [-0.25, -0.2) is 0 Å². The highest BCUT2D eigenvalue weighted by Crippen LogP contribution is 2.24. The minimum Gasteiger partial charge on any atom is -0.379 e. The Balaban J connectivity index is 0.00000385. The van der Waals surface area contributed by atoms with Crippen LogP contribution in [0.4, 0.5) is 0 Å². The maximum absolute atomic E-state index is 5.60. The van der Waals surface area contributed by atoms with Crippen molar-refractivity contribution in [2.75, 3.05) is 46.4 Å². The molecule has 0 amide bonds. The van der Waals surface area contributed by atoms with Crippen LogP contribution in [0.3, 0.4) is 0 Å². The lowest BCUT2D eigenvalue weighted by Gasteiger charge is -2.34. The summed E-state index contributed by atoms with van der Waals surface area (Å²) in [4.78, 5) is 9.80. The summed E-state index contributed by atoms with van der Waals surface area (Å²) in [5.74, 6) is 1.32. The average Bonchev–Trinajstić information content (AvgIpc) is 3.14. The molecule has 1 aromatic carbocycles. The van der Waals surface area contributed by atoms with Crippen LogP contribution >= 0.6 is 24.0 Å².